The molecule has 10 heteroatoms. The van der Waals surface area contributed by atoms with Gasteiger partial charge >= 0.3 is 0 Å². The van der Waals surface area contributed by atoms with Crippen molar-refractivity contribution in [3.8, 4) is 0 Å². The quantitative estimate of drug-likeness (QED) is 0.441. The Morgan fingerprint density at radius 2 is 1.91 bits per heavy atom. The molecule has 0 bridgehead atoms. The number of likely N-dealkylation sites (N-methyl/N-ethyl adjacent to an activating group) is 1. The van der Waals surface area contributed by atoms with Gasteiger partial charge in [0.15, 0.2) is 0 Å². The first kappa shape index (κ1) is 21.2. The second-order valence-corrected chi connectivity index (χ2v) is 7.93. The van der Waals surface area contributed by atoms with Crippen LogP contribution in [0.3, 0.4) is 0 Å². The van der Waals surface area contributed by atoms with Crippen LogP contribution in [0.1, 0.15) is 39.8 Å². The molecule has 33 heavy (non-hydrogen) atoms. The summed E-state index contributed by atoms with van der Waals surface area (Å²) in [5.74, 6) is -2.11. The van der Waals surface area contributed by atoms with E-state index in [-0.39, 0.29) is 35.2 Å². The van der Waals surface area contributed by atoms with E-state index >= 15 is 0 Å². The van der Waals surface area contributed by atoms with Crippen molar-refractivity contribution in [3.05, 3.63) is 80.9 Å². The number of amides is 1. The molecule has 1 aliphatic heterocycles. The molecule has 4 aromatic rings. The van der Waals surface area contributed by atoms with E-state index in [1.807, 2.05) is 0 Å². The number of rotatable bonds is 3. The number of nitrogens with one attached hydrogen (secondary N) is 2. The number of halogens is 4. The Hall–Kier alpha value is -3.66. The number of benzene rings is 2. The third-order valence-electron chi connectivity index (χ3n) is 5.95. The van der Waals surface area contributed by atoms with Crippen molar-refractivity contribution in [2.75, 3.05) is 13.7 Å². The molecule has 1 amide bonds. The number of fused-ring (bicyclic) bond motifs is 4. The molecule has 2 aromatic heterocycles. The van der Waals surface area contributed by atoms with E-state index in [2.05, 4.69) is 9.97 Å². The number of aromatic nitrogens is 2. The molecule has 1 atom stereocenters. The standard InChI is InChI=1S/C23H17F4N3O3/c1-30(23(32)17-5-10-4-15(25)14(21(26)27)7-16(10)28-17)19-9-33-8-18-20(19)12-3-2-11(24)6-13(12)22(31)29-18/h2-7,19,21,28H,8-9H2,1H3,(H,29,31)/t19-/m0/s1. The lowest BCUT2D eigenvalue weighted by atomic mass is 9.95. The smallest absolute Gasteiger partial charge is 0.270 e. The largest absolute Gasteiger partial charge is 0.373 e. The van der Waals surface area contributed by atoms with Crippen LogP contribution in [-0.2, 0) is 11.3 Å². The fourth-order valence-electron chi connectivity index (χ4n) is 4.31. The number of pyridine rings is 1. The molecular weight excluding hydrogens is 442 g/mol. The molecule has 0 fully saturated rings. The molecule has 0 aliphatic carbocycles. The van der Waals surface area contributed by atoms with E-state index in [1.165, 1.54) is 30.1 Å². The number of nitrogens with zero attached hydrogens (tertiary/aromatic N) is 1. The Kier molecular flexibility index (Phi) is 4.97. The first-order valence-electron chi connectivity index (χ1n) is 10.0. The molecule has 0 radical (unpaired) electrons. The van der Waals surface area contributed by atoms with E-state index in [1.54, 1.807) is 0 Å². The van der Waals surface area contributed by atoms with Crippen LogP contribution >= 0.6 is 0 Å². The van der Waals surface area contributed by atoms with Crippen LogP contribution in [0.25, 0.3) is 21.7 Å². The van der Waals surface area contributed by atoms with Crippen LogP contribution in [0.5, 0.6) is 0 Å². The highest BCUT2D eigenvalue weighted by Crippen LogP contribution is 2.34. The summed E-state index contributed by atoms with van der Waals surface area (Å²) >= 11 is 0. The molecule has 2 aromatic carbocycles. The molecule has 0 saturated heterocycles. The predicted octanol–water partition coefficient (Wildman–Crippen LogP) is 4.57. The zero-order valence-corrected chi connectivity index (χ0v) is 17.2. The minimum Gasteiger partial charge on any atom is -0.373 e. The predicted molar refractivity (Wildman–Crippen MR) is 112 cm³/mol. The van der Waals surface area contributed by atoms with E-state index in [9.17, 15) is 27.2 Å². The second kappa shape index (κ2) is 7.73. The lowest BCUT2D eigenvalue weighted by Crippen LogP contribution is -2.37. The molecule has 5 rings (SSSR count). The van der Waals surface area contributed by atoms with Gasteiger partial charge in [0.1, 0.15) is 17.3 Å². The van der Waals surface area contributed by atoms with Crippen molar-refractivity contribution in [2.45, 2.75) is 19.1 Å². The lowest BCUT2D eigenvalue weighted by molar-refractivity contribution is 0.0333. The van der Waals surface area contributed by atoms with Crippen molar-refractivity contribution in [3.63, 3.8) is 0 Å². The van der Waals surface area contributed by atoms with Crippen LogP contribution in [0.4, 0.5) is 17.6 Å². The number of ether oxygens (including phenoxy) is 1. The summed E-state index contributed by atoms with van der Waals surface area (Å²) in [5, 5.41) is 0.935. The van der Waals surface area contributed by atoms with Gasteiger partial charge in [-0.15, -0.1) is 0 Å². The molecule has 0 saturated carbocycles. The summed E-state index contributed by atoms with van der Waals surface area (Å²) in [6.07, 6.45) is -2.99. The Morgan fingerprint density at radius 1 is 1.12 bits per heavy atom. The van der Waals surface area contributed by atoms with Gasteiger partial charge in [0, 0.05) is 29.2 Å². The SMILES string of the molecule is CN(C(=O)c1cc2cc(F)c(C(F)F)cc2[nH]1)[C@H]1COCc2[nH]c(=O)c3cc(F)ccc3c21. The highest BCUT2D eigenvalue weighted by Gasteiger charge is 2.31. The number of hydrogen-bond donors (Lipinski definition) is 2. The van der Waals surface area contributed by atoms with Crippen LogP contribution in [0.2, 0.25) is 0 Å². The van der Waals surface area contributed by atoms with Gasteiger partial charge in [-0.25, -0.2) is 17.6 Å². The number of alkyl halides is 2. The zero-order valence-electron chi connectivity index (χ0n) is 17.2. The summed E-state index contributed by atoms with van der Waals surface area (Å²) in [5.41, 5.74) is 0.172. The van der Waals surface area contributed by atoms with Gasteiger partial charge in [-0.3, -0.25) is 9.59 Å². The summed E-state index contributed by atoms with van der Waals surface area (Å²) in [6, 6.07) is 6.57. The monoisotopic (exact) mass is 459 g/mol. The fourth-order valence-corrected chi connectivity index (χ4v) is 4.31. The molecule has 0 spiro atoms. The highest BCUT2D eigenvalue weighted by atomic mass is 19.3. The molecule has 0 unspecified atom stereocenters. The normalized spacial score (nSPS) is 15.9. The summed E-state index contributed by atoms with van der Waals surface area (Å²) in [6.45, 7) is 0.247. The Labute approximate surface area is 183 Å². The maximum absolute atomic E-state index is 13.9. The summed E-state index contributed by atoms with van der Waals surface area (Å²) in [7, 11) is 1.53. The minimum atomic E-state index is -2.99. The van der Waals surface area contributed by atoms with Gasteiger partial charge in [0.05, 0.1) is 30.2 Å². The first-order chi connectivity index (χ1) is 15.7. The minimum absolute atomic E-state index is 0.0743. The van der Waals surface area contributed by atoms with Crippen molar-refractivity contribution < 1.29 is 27.1 Å². The van der Waals surface area contributed by atoms with Crippen molar-refractivity contribution in [1.82, 2.24) is 14.9 Å². The number of carbonyl (C=O) groups excluding carboxylic acids is 1. The van der Waals surface area contributed by atoms with Gasteiger partial charge in [0.2, 0.25) is 0 Å². The van der Waals surface area contributed by atoms with Crippen LogP contribution in [-0.4, -0.2) is 34.4 Å². The number of aromatic amines is 2. The Bertz CT molecular complexity index is 1480. The number of carbonyl (C=O) groups is 1. The fraction of sp³-hybridized carbons (Fsp3) is 0.217. The summed E-state index contributed by atoms with van der Waals surface area (Å²) in [4.78, 5) is 32.5. The first-order valence-corrected chi connectivity index (χ1v) is 10.0. The average molecular weight is 459 g/mol. The van der Waals surface area contributed by atoms with Crippen LogP contribution < -0.4 is 5.56 Å². The van der Waals surface area contributed by atoms with Gasteiger partial charge < -0.3 is 19.6 Å². The van der Waals surface area contributed by atoms with E-state index in [4.69, 9.17) is 4.74 Å². The van der Waals surface area contributed by atoms with Gasteiger partial charge in [-0.2, -0.15) is 0 Å². The Morgan fingerprint density at radius 3 is 2.67 bits per heavy atom. The lowest BCUT2D eigenvalue weighted by Gasteiger charge is -2.33. The molecule has 1 aliphatic rings. The van der Waals surface area contributed by atoms with Crippen molar-refractivity contribution >= 4 is 27.6 Å². The molecule has 3 heterocycles. The number of hydrogen-bond acceptors (Lipinski definition) is 3. The second-order valence-electron chi connectivity index (χ2n) is 7.93. The van der Waals surface area contributed by atoms with Crippen LogP contribution in [0.15, 0.2) is 41.2 Å². The highest BCUT2D eigenvalue weighted by molar-refractivity contribution is 5.98. The Balaban J connectivity index is 1.57. The van der Waals surface area contributed by atoms with Gasteiger partial charge in [0.25, 0.3) is 17.9 Å². The molecule has 2 N–H and O–H groups in total. The van der Waals surface area contributed by atoms with Crippen LogP contribution in [0, 0.1) is 11.6 Å². The van der Waals surface area contributed by atoms with Crippen molar-refractivity contribution in [1.29, 1.82) is 0 Å². The average Bonchev–Trinajstić information content (AvgIpc) is 3.20. The molecular formula is C23H17F4N3O3. The van der Waals surface area contributed by atoms with E-state index in [0.717, 1.165) is 18.2 Å². The molecule has 6 nitrogen and oxygen atoms in total. The maximum atomic E-state index is 13.9. The number of H-pyrrole nitrogens is 2. The third-order valence-corrected chi connectivity index (χ3v) is 5.95. The van der Waals surface area contributed by atoms with E-state index < -0.39 is 41.1 Å². The molecule has 170 valence electrons. The van der Waals surface area contributed by atoms with Crippen molar-refractivity contribution in [2.24, 2.45) is 0 Å². The van der Waals surface area contributed by atoms with Gasteiger partial charge in [-0.05, 0) is 35.7 Å². The zero-order chi connectivity index (χ0) is 23.4. The third kappa shape index (κ3) is 3.46. The topological polar surface area (TPSA) is 78.2 Å². The maximum Gasteiger partial charge on any atom is 0.270 e. The van der Waals surface area contributed by atoms with E-state index in [0.29, 0.717) is 16.6 Å². The summed E-state index contributed by atoms with van der Waals surface area (Å²) < 4.78 is 59.3. The van der Waals surface area contributed by atoms with Gasteiger partial charge in [-0.1, -0.05) is 6.07 Å².